The number of aliphatic hydroxyl groups is 1. The van der Waals surface area contributed by atoms with Gasteiger partial charge in [-0.2, -0.15) is 4.31 Å². The molecular weight excluding hydrogens is 530 g/mol. The molecule has 4 rings (SSSR count). The molecule has 2 aromatic heterocycles. The molecule has 1 unspecified atom stereocenters. The SMILES string of the molecule is CCCCCc1nc(C)c2c(=O)[nH]c(-c3cc(S(=O)(=O)N(Cc4ccccc4)CC(C)O)ccc3OCC)nn12. The summed E-state index contributed by atoms with van der Waals surface area (Å²) in [5, 5.41) is 14.8. The Bertz CT molecular complexity index is 1610. The van der Waals surface area contributed by atoms with Crippen LogP contribution in [0.5, 0.6) is 5.75 Å². The number of rotatable bonds is 13. The lowest BCUT2D eigenvalue weighted by Gasteiger charge is -2.24. The van der Waals surface area contributed by atoms with E-state index in [-0.39, 0.29) is 29.4 Å². The van der Waals surface area contributed by atoms with Crippen LogP contribution in [-0.4, -0.2) is 56.7 Å². The second-order valence-corrected chi connectivity index (χ2v) is 11.8. The van der Waals surface area contributed by atoms with Crippen LogP contribution in [0.2, 0.25) is 0 Å². The Balaban J connectivity index is 1.83. The molecule has 0 aliphatic rings. The van der Waals surface area contributed by atoms with Crippen molar-refractivity contribution in [3.63, 3.8) is 0 Å². The molecule has 2 aromatic carbocycles. The van der Waals surface area contributed by atoms with Crippen LogP contribution in [0, 0.1) is 6.92 Å². The number of fused-ring (bicyclic) bond motifs is 1. The minimum absolute atomic E-state index is 0.00439. The van der Waals surface area contributed by atoms with Gasteiger partial charge in [0, 0.05) is 19.5 Å². The fraction of sp³-hybridized carbons (Fsp3) is 0.414. The molecule has 2 heterocycles. The van der Waals surface area contributed by atoms with E-state index in [1.54, 1.807) is 24.4 Å². The minimum Gasteiger partial charge on any atom is -0.493 e. The Morgan fingerprint density at radius 2 is 1.88 bits per heavy atom. The maximum atomic E-state index is 13.9. The number of nitrogens with one attached hydrogen (secondary N) is 1. The fourth-order valence-electron chi connectivity index (χ4n) is 4.67. The summed E-state index contributed by atoms with van der Waals surface area (Å²) in [4.78, 5) is 20.6. The number of aromatic amines is 1. The van der Waals surface area contributed by atoms with Crippen molar-refractivity contribution in [2.24, 2.45) is 0 Å². The highest BCUT2D eigenvalue weighted by Crippen LogP contribution is 2.32. The van der Waals surface area contributed by atoms with Crippen LogP contribution in [-0.2, 0) is 23.0 Å². The maximum absolute atomic E-state index is 13.9. The smallest absolute Gasteiger partial charge is 0.277 e. The summed E-state index contributed by atoms with van der Waals surface area (Å²) in [6.45, 7) is 7.60. The van der Waals surface area contributed by atoms with Crippen LogP contribution >= 0.6 is 0 Å². The predicted octanol–water partition coefficient (Wildman–Crippen LogP) is 4.10. The van der Waals surface area contributed by atoms with Crippen molar-refractivity contribution in [2.45, 2.75) is 70.9 Å². The van der Waals surface area contributed by atoms with E-state index in [9.17, 15) is 18.3 Å². The van der Waals surface area contributed by atoms with E-state index in [4.69, 9.17) is 9.84 Å². The van der Waals surface area contributed by atoms with Crippen molar-refractivity contribution in [1.29, 1.82) is 0 Å². The minimum atomic E-state index is -4.05. The van der Waals surface area contributed by atoms with E-state index in [0.717, 1.165) is 24.8 Å². The van der Waals surface area contributed by atoms with Crippen LogP contribution in [0.25, 0.3) is 16.9 Å². The third-order valence-corrected chi connectivity index (χ3v) is 8.37. The molecule has 2 N–H and O–H groups in total. The summed E-state index contributed by atoms with van der Waals surface area (Å²) < 4.78 is 36.4. The average molecular weight is 568 g/mol. The number of sulfonamides is 1. The number of hydrogen-bond donors (Lipinski definition) is 2. The number of unbranched alkanes of at least 4 members (excludes halogenated alkanes) is 2. The third kappa shape index (κ3) is 6.43. The number of H-pyrrole nitrogens is 1. The molecular formula is C29H37N5O5S. The van der Waals surface area contributed by atoms with E-state index in [1.165, 1.54) is 16.4 Å². The first kappa shape index (κ1) is 29.4. The van der Waals surface area contributed by atoms with Crippen molar-refractivity contribution >= 4 is 15.5 Å². The monoisotopic (exact) mass is 567 g/mol. The summed E-state index contributed by atoms with van der Waals surface area (Å²) in [5.41, 5.74) is 1.71. The Morgan fingerprint density at radius 3 is 2.55 bits per heavy atom. The molecule has 0 spiro atoms. The first-order valence-electron chi connectivity index (χ1n) is 13.6. The molecule has 11 heteroatoms. The Labute approximate surface area is 234 Å². The molecule has 10 nitrogen and oxygen atoms in total. The zero-order valence-electron chi connectivity index (χ0n) is 23.4. The molecule has 0 bridgehead atoms. The highest BCUT2D eigenvalue weighted by molar-refractivity contribution is 7.89. The summed E-state index contributed by atoms with van der Waals surface area (Å²) in [5.74, 6) is 1.25. The highest BCUT2D eigenvalue weighted by atomic mass is 32.2. The van der Waals surface area contributed by atoms with Crippen molar-refractivity contribution in [2.75, 3.05) is 13.2 Å². The van der Waals surface area contributed by atoms with E-state index < -0.39 is 16.1 Å². The largest absolute Gasteiger partial charge is 0.493 e. The predicted molar refractivity (Wildman–Crippen MR) is 154 cm³/mol. The van der Waals surface area contributed by atoms with Gasteiger partial charge in [0.15, 0.2) is 11.3 Å². The van der Waals surface area contributed by atoms with Gasteiger partial charge in [-0.3, -0.25) is 4.79 Å². The number of imidazole rings is 1. The molecule has 1 atom stereocenters. The number of aliphatic hydroxyl groups excluding tert-OH is 1. The Hall–Kier alpha value is -3.54. The van der Waals surface area contributed by atoms with Gasteiger partial charge in [0.25, 0.3) is 5.56 Å². The molecule has 0 aliphatic heterocycles. The number of aryl methyl sites for hydroxylation is 2. The second kappa shape index (κ2) is 12.8. The van der Waals surface area contributed by atoms with Gasteiger partial charge in [-0.1, -0.05) is 50.1 Å². The van der Waals surface area contributed by atoms with E-state index >= 15 is 0 Å². The van der Waals surface area contributed by atoms with Gasteiger partial charge in [-0.15, -0.1) is 5.10 Å². The van der Waals surface area contributed by atoms with Gasteiger partial charge in [-0.05, 0) is 51.0 Å². The van der Waals surface area contributed by atoms with Crippen LogP contribution in [0.4, 0.5) is 0 Å². The number of benzene rings is 2. The molecule has 0 saturated heterocycles. The molecule has 4 aromatic rings. The lowest BCUT2D eigenvalue weighted by Crippen LogP contribution is -2.36. The molecule has 0 aliphatic carbocycles. The molecule has 0 saturated carbocycles. The quantitative estimate of drug-likeness (QED) is 0.233. The number of aromatic nitrogens is 4. The molecule has 0 amide bonds. The van der Waals surface area contributed by atoms with Gasteiger partial charge in [-0.25, -0.2) is 17.9 Å². The third-order valence-electron chi connectivity index (χ3n) is 6.56. The highest BCUT2D eigenvalue weighted by Gasteiger charge is 2.28. The average Bonchev–Trinajstić information content (AvgIpc) is 3.24. The first-order chi connectivity index (χ1) is 19.1. The second-order valence-electron chi connectivity index (χ2n) is 9.86. The standard InChI is InChI=1S/C29H37N5O5S/c1-5-7-9-14-26-30-21(4)27-29(36)31-28(32-34(26)27)24-17-23(15-16-25(24)39-6-2)40(37,38)33(18-20(3)35)19-22-12-10-8-11-13-22/h8,10-13,15-17,20,35H,5-7,9,14,18-19H2,1-4H3,(H,31,32,36). The molecule has 0 radical (unpaired) electrons. The first-order valence-corrected chi connectivity index (χ1v) is 15.1. The fourth-order valence-corrected chi connectivity index (χ4v) is 6.20. The zero-order chi connectivity index (χ0) is 28.9. The van der Waals surface area contributed by atoms with Crippen molar-refractivity contribution in [3.8, 4) is 17.1 Å². The van der Waals surface area contributed by atoms with Crippen molar-refractivity contribution in [1.82, 2.24) is 23.9 Å². The summed E-state index contributed by atoms with van der Waals surface area (Å²) >= 11 is 0. The normalized spacial score (nSPS) is 12.8. The van der Waals surface area contributed by atoms with Gasteiger partial charge in [0.2, 0.25) is 10.0 Å². The van der Waals surface area contributed by atoms with Gasteiger partial charge < -0.3 is 14.8 Å². The lowest BCUT2D eigenvalue weighted by atomic mass is 10.2. The molecule has 40 heavy (non-hydrogen) atoms. The van der Waals surface area contributed by atoms with Gasteiger partial charge >= 0.3 is 0 Å². The van der Waals surface area contributed by atoms with Gasteiger partial charge in [0.1, 0.15) is 11.6 Å². The van der Waals surface area contributed by atoms with Gasteiger partial charge in [0.05, 0.1) is 28.9 Å². The lowest BCUT2D eigenvalue weighted by molar-refractivity contribution is 0.161. The van der Waals surface area contributed by atoms with Crippen molar-refractivity contribution < 1.29 is 18.3 Å². The Morgan fingerprint density at radius 1 is 1.12 bits per heavy atom. The van der Waals surface area contributed by atoms with E-state index in [0.29, 0.717) is 41.4 Å². The molecule has 0 fully saturated rings. The maximum Gasteiger partial charge on any atom is 0.277 e. The number of nitrogens with zero attached hydrogens (tertiary/aromatic N) is 4. The topological polar surface area (TPSA) is 130 Å². The van der Waals surface area contributed by atoms with Crippen molar-refractivity contribution in [3.05, 3.63) is 76.0 Å². The number of ether oxygens (including phenoxy) is 1. The summed E-state index contributed by atoms with van der Waals surface area (Å²) in [6, 6.07) is 13.7. The summed E-state index contributed by atoms with van der Waals surface area (Å²) in [6.07, 6.45) is 2.79. The molecule has 214 valence electrons. The van der Waals surface area contributed by atoms with Crippen LogP contribution in [0.1, 0.15) is 57.1 Å². The number of hydrogen-bond acceptors (Lipinski definition) is 7. The van der Waals surface area contributed by atoms with Crippen LogP contribution < -0.4 is 10.3 Å². The van der Waals surface area contributed by atoms with Crippen LogP contribution in [0.15, 0.2) is 58.2 Å². The van der Waals surface area contributed by atoms with Crippen LogP contribution in [0.3, 0.4) is 0 Å². The van der Waals surface area contributed by atoms with E-state index in [1.807, 2.05) is 37.3 Å². The summed E-state index contributed by atoms with van der Waals surface area (Å²) in [7, 11) is -4.05. The zero-order valence-corrected chi connectivity index (χ0v) is 24.2. The Kier molecular flexibility index (Phi) is 9.39. The van der Waals surface area contributed by atoms with E-state index in [2.05, 4.69) is 16.9 Å².